The molecule has 2 aromatic rings. The van der Waals surface area contributed by atoms with Crippen LogP contribution in [0.15, 0.2) is 51.7 Å². The lowest BCUT2D eigenvalue weighted by Crippen LogP contribution is -2.32. The maximum atomic E-state index is 12.7. The Labute approximate surface area is 131 Å². The zero-order valence-electron chi connectivity index (χ0n) is 12.7. The van der Waals surface area contributed by atoms with E-state index in [0.717, 1.165) is 10.8 Å². The molecule has 118 valence electrons. The Morgan fingerprint density at radius 3 is 2.50 bits per heavy atom. The van der Waals surface area contributed by atoms with Gasteiger partial charge >= 0.3 is 0 Å². The van der Waals surface area contributed by atoms with Gasteiger partial charge in [0.15, 0.2) is 0 Å². The maximum Gasteiger partial charge on any atom is 0.271 e. The van der Waals surface area contributed by atoms with Crippen LogP contribution >= 0.6 is 0 Å². The second kappa shape index (κ2) is 6.56. The van der Waals surface area contributed by atoms with Crippen LogP contribution in [-0.4, -0.2) is 16.2 Å². The fourth-order valence-electron chi connectivity index (χ4n) is 2.31. The number of rotatable bonds is 4. The highest BCUT2D eigenvalue weighted by Crippen LogP contribution is 2.23. The Morgan fingerprint density at radius 1 is 1.18 bits per heavy atom. The van der Waals surface area contributed by atoms with E-state index < -0.39 is 21.9 Å². The first-order valence-electron chi connectivity index (χ1n) is 7.13. The second-order valence-electron chi connectivity index (χ2n) is 5.71. The van der Waals surface area contributed by atoms with Gasteiger partial charge in [0.2, 0.25) is 0 Å². The van der Waals surface area contributed by atoms with Crippen molar-refractivity contribution >= 4 is 26.6 Å². The number of carbonyl (C=O) groups is 1. The Bertz CT molecular complexity index is 803. The van der Waals surface area contributed by atoms with Gasteiger partial charge in [0.1, 0.15) is 9.92 Å². The van der Waals surface area contributed by atoms with Gasteiger partial charge in [0.05, 0.1) is 10.9 Å². The minimum absolute atomic E-state index is 0.250. The van der Waals surface area contributed by atoms with Gasteiger partial charge in [-0.15, -0.1) is 4.36 Å². The monoisotopic (exact) mass is 319 g/mol. The lowest BCUT2D eigenvalue weighted by atomic mass is 10.0. The molecule has 22 heavy (non-hydrogen) atoms. The van der Waals surface area contributed by atoms with E-state index in [1.54, 1.807) is 12.1 Å². The molecule has 2 atom stereocenters. The summed E-state index contributed by atoms with van der Waals surface area (Å²) in [5.41, 5.74) is 5.79. The molecule has 0 aromatic heterocycles. The molecule has 2 aromatic carbocycles. The summed E-state index contributed by atoms with van der Waals surface area (Å²) < 4.78 is 16.5. The van der Waals surface area contributed by atoms with Crippen LogP contribution in [0.5, 0.6) is 0 Å². The molecule has 0 fully saturated rings. The molecule has 1 amide bonds. The summed E-state index contributed by atoms with van der Waals surface area (Å²) in [4.78, 5) is 12.4. The van der Waals surface area contributed by atoms with Crippen molar-refractivity contribution in [2.24, 2.45) is 21.2 Å². The predicted octanol–water partition coefficient (Wildman–Crippen LogP) is 2.44. The first-order valence-corrected chi connectivity index (χ1v) is 8.71. The molecule has 6 heteroatoms. The topological polar surface area (TPSA) is 98.5 Å². The minimum atomic E-state index is -3.32. The minimum Gasteiger partial charge on any atom is -0.320 e. The van der Waals surface area contributed by atoms with Gasteiger partial charge < -0.3 is 5.73 Å². The standard InChI is InChI=1S/C16H21N3O2S/c1-11(2)10-14(17)16(20)19-22(18,21)15-9-5-7-12-6-3-4-8-13(12)15/h3-9,11,14H,10,17H2,1-2H3,(H2,18,19,20,21)/t14-,22?/m0/s1. The van der Waals surface area contributed by atoms with E-state index in [0.29, 0.717) is 11.3 Å². The van der Waals surface area contributed by atoms with Crippen LogP contribution in [0.25, 0.3) is 10.8 Å². The van der Waals surface area contributed by atoms with E-state index in [1.165, 1.54) is 0 Å². The molecule has 0 aliphatic heterocycles. The number of benzene rings is 2. The fourth-order valence-corrected chi connectivity index (χ4v) is 3.59. The summed E-state index contributed by atoms with van der Waals surface area (Å²) in [7, 11) is -3.32. The van der Waals surface area contributed by atoms with Gasteiger partial charge in [0, 0.05) is 5.39 Å². The molecular weight excluding hydrogens is 298 g/mol. The van der Waals surface area contributed by atoms with Crippen LogP contribution < -0.4 is 10.9 Å². The summed E-state index contributed by atoms with van der Waals surface area (Å²) in [6.45, 7) is 3.91. The zero-order chi connectivity index (χ0) is 16.3. The molecule has 0 aliphatic rings. The molecule has 0 radical (unpaired) electrons. The number of nitrogens with two attached hydrogens (primary N) is 2. The summed E-state index contributed by atoms with van der Waals surface area (Å²) in [5, 5.41) is 7.48. The Kier molecular flexibility index (Phi) is 4.95. The fraction of sp³-hybridized carbons (Fsp3) is 0.312. The van der Waals surface area contributed by atoms with E-state index in [9.17, 15) is 9.00 Å². The van der Waals surface area contributed by atoms with Crippen molar-refractivity contribution in [3.8, 4) is 0 Å². The Hall–Kier alpha value is -1.76. The molecule has 0 heterocycles. The summed E-state index contributed by atoms with van der Waals surface area (Å²) >= 11 is 0. The number of amides is 1. The lowest BCUT2D eigenvalue weighted by molar-refractivity contribution is -0.119. The van der Waals surface area contributed by atoms with Crippen molar-refractivity contribution in [2.75, 3.05) is 0 Å². The second-order valence-corrected chi connectivity index (χ2v) is 7.47. The van der Waals surface area contributed by atoms with Gasteiger partial charge in [-0.05, 0) is 23.8 Å². The van der Waals surface area contributed by atoms with Crippen molar-refractivity contribution in [1.82, 2.24) is 0 Å². The highest BCUT2D eigenvalue weighted by Gasteiger charge is 2.18. The average molecular weight is 319 g/mol. The molecule has 5 nitrogen and oxygen atoms in total. The largest absolute Gasteiger partial charge is 0.320 e. The molecule has 0 bridgehead atoms. The van der Waals surface area contributed by atoms with Gasteiger partial charge in [-0.2, -0.15) is 0 Å². The predicted molar refractivity (Wildman–Crippen MR) is 89.4 cm³/mol. The van der Waals surface area contributed by atoms with E-state index in [1.807, 2.05) is 44.2 Å². The quantitative estimate of drug-likeness (QED) is 0.905. The molecule has 2 rings (SSSR count). The Morgan fingerprint density at radius 2 is 1.82 bits per heavy atom. The average Bonchev–Trinajstić information content (AvgIpc) is 2.45. The number of nitrogens with zero attached hydrogens (tertiary/aromatic N) is 1. The van der Waals surface area contributed by atoms with Crippen molar-refractivity contribution in [2.45, 2.75) is 31.2 Å². The summed E-state index contributed by atoms with van der Waals surface area (Å²) in [6.07, 6.45) is 0.480. The third-order valence-corrected chi connectivity index (χ3v) is 4.77. The van der Waals surface area contributed by atoms with Crippen molar-refractivity contribution in [3.05, 3.63) is 42.5 Å². The number of hydrogen-bond acceptors (Lipinski definition) is 3. The SMILES string of the molecule is CC(C)C[C@H](N)C(=O)N=S(N)(=O)c1cccc2ccccc12. The van der Waals surface area contributed by atoms with Crippen molar-refractivity contribution in [3.63, 3.8) is 0 Å². The highest BCUT2D eigenvalue weighted by molar-refractivity contribution is 7.92. The first kappa shape index (κ1) is 16.6. The van der Waals surface area contributed by atoms with Gasteiger partial charge in [-0.3, -0.25) is 4.79 Å². The van der Waals surface area contributed by atoms with Gasteiger partial charge in [0.25, 0.3) is 5.91 Å². The zero-order valence-corrected chi connectivity index (χ0v) is 13.5. The van der Waals surface area contributed by atoms with Gasteiger partial charge in [-0.1, -0.05) is 50.2 Å². The van der Waals surface area contributed by atoms with E-state index in [4.69, 9.17) is 10.9 Å². The van der Waals surface area contributed by atoms with E-state index in [-0.39, 0.29) is 5.92 Å². The number of carbonyl (C=O) groups excluding carboxylic acids is 1. The molecule has 4 N–H and O–H groups in total. The van der Waals surface area contributed by atoms with Crippen LogP contribution in [0, 0.1) is 5.92 Å². The third kappa shape index (κ3) is 3.71. The van der Waals surface area contributed by atoms with Crippen molar-refractivity contribution in [1.29, 1.82) is 0 Å². The normalized spacial score (nSPS) is 15.5. The molecule has 0 saturated carbocycles. The van der Waals surface area contributed by atoms with Crippen LogP contribution in [0.2, 0.25) is 0 Å². The van der Waals surface area contributed by atoms with Crippen molar-refractivity contribution < 1.29 is 9.00 Å². The van der Waals surface area contributed by atoms with Gasteiger partial charge in [-0.25, -0.2) is 9.35 Å². The third-order valence-electron chi connectivity index (χ3n) is 3.33. The van der Waals surface area contributed by atoms with E-state index >= 15 is 0 Å². The first-order chi connectivity index (χ1) is 10.3. The number of hydrogen-bond donors (Lipinski definition) is 2. The maximum absolute atomic E-state index is 12.7. The van der Waals surface area contributed by atoms with Crippen LogP contribution in [-0.2, 0) is 14.7 Å². The summed E-state index contributed by atoms with van der Waals surface area (Å²) in [6, 6.07) is 11.9. The molecule has 0 spiro atoms. The van der Waals surface area contributed by atoms with Crippen LogP contribution in [0.4, 0.5) is 0 Å². The molecular formula is C16H21N3O2S. The lowest BCUT2D eigenvalue weighted by Gasteiger charge is -2.12. The van der Waals surface area contributed by atoms with E-state index in [2.05, 4.69) is 4.36 Å². The molecule has 1 unspecified atom stereocenters. The van der Waals surface area contributed by atoms with Crippen LogP contribution in [0.1, 0.15) is 20.3 Å². The smallest absolute Gasteiger partial charge is 0.271 e. The molecule has 0 aliphatic carbocycles. The molecule has 0 saturated heterocycles. The summed E-state index contributed by atoms with van der Waals surface area (Å²) in [5.74, 6) is -0.366. The van der Waals surface area contributed by atoms with Crippen LogP contribution in [0.3, 0.4) is 0 Å². The Balaban J connectivity index is 2.46. The number of fused-ring (bicyclic) bond motifs is 1. The highest BCUT2D eigenvalue weighted by atomic mass is 32.2.